The van der Waals surface area contributed by atoms with Gasteiger partial charge in [-0.25, -0.2) is 0 Å². The molecule has 1 atom stereocenters. The fourth-order valence-electron chi connectivity index (χ4n) is 3.52. The zero-order chi connectivity index (χ0) is 20.3. The van der Waals surface area contributed by atoms with Gasteiger partial charge >= 0.3 is 5.97 Å². The number of rotatable bonds is 5. The Balaban J connectivity index is 1.72. The lowest BCUT2D eigenvalue weighted by Crippen LogP contribution is -2.46. The maximum atomic E-state index is 13.0. The van der Waals surface area contributed by atoms with Crippen molar-refractivity contribution in [1.29, 1.82) is 0 Å². The van der Waals surface area contributed by atoms with Crippen LogP contribution in [0.1, 0.15) is 23.2 Å². The summed E-state index contributed by atoms with van der Waals surface area (Å²) >= 11 is 0. The second kappa shape index (κ2) is 8.24. The summed E-state index contributed by atoms with van der Waals surface area (Å²) in [6.07, 6.45) is 2.73. The molecule has 0 spiro atoms. The minimum Gasteiger partial charge on any atom is -0.481 e. The first-order valence-corrected chi connectivity index (χ1v) is 9.22. The molecule has 1 aromatic heterocycles. The molecule has 1 N–H and O–H groups in total. The maximum absolute atomic E-state index is 13.0. The van der Waals surface area contributed by atoms with Gasteiger partial charge in [-0.15, -0.1) is 0 Å². The molecule has 1 aliphatic heterocycles. The number of likely N-dealkylation sites (tertiary alicyclic amines) is 1. The topological polar surface area (TPSA) is 95.7 Å². The highest BCUT2D eigenvalue weighted by Crippen LogP contribution is 2.24. The van der Waals surface area contributed by atoms with E-state index in [1.165, 1.54) is 16.0 Å². The van der Waals surface area contributed by atoms with Crippen LogP contribution in [0, 0.1) is 5.92 Å². The minimum atomic E-state index is -0.884. The molecule has 0 saturated carbocycles. The van der Waals surface area contributed by atoms with Crippen molar-refractivity contribution in [2.24, 2.45) is 13.0 Å². The van der Waals surface area contributed by atoms with Gasteiger partial charge in [0.2, 0.25) is 5.91 Å². The van der Waals surface area contributed by atoms with E-state index in [0.717, 1.165) is 5.56 Å². The minimum absolute atomic E-state index is 0.103. The number of likely N-dealkylation sites (N-methyl/N-ethyl adjacent to an activating group) is 1. The SMILES string of the molecule is CN(CC(=O)N1CCCC(C(=O)O)C1)C(=O)c1cnn(C)c1-c1ccccc1. The summed E-state index contributed by atoms with van der Waals surface area (Å²) in [7, 11) is 3.34. The summed E-state index contributed by atoms with van der Waals surface area (Å²) in [6, 6.07) is 9.48. The van der Waals surface area contributed by atoms with E-state index < -0.39 is 11.9 Å². The van der Waals surface area contributed by atoms with Crippen LogP contribution < -0.4 is 0 Å². The van der Waals surface area contributed by atoms with Gasteiger partial charge in [-0.3, -0.25) is 19.1 Å². The average molecular weight is 384 g/mol. The van der Waals surface area contributed by atoms with Crippen molar-refractivity contribution >= 4 is 17.8 Å². The number of aryl methyl sites for hydroxylation is 1. The molecule has 0 radical (unpaired) electrons. The van der Waals surface area contributed by atoms with Gasteiger partial charge in [0.15, 0.2) is 0 Å². The first-order valence-electron chi connectivity index (χ1n) is 9.22. The van der Waals surface area contributed by atoms with Crippen molar-refractivity contribution in [3.8, 4) is 11.3 Å². The first kappa shape index (κ1) is 19.6. The molecule has 1 aliphatic rings. The molecule has 0 aliphatic carbocycles. The predicted molar refractivity (Wildman–Crippen MR) is 103 cm³/mol. The average Bonchev–Trinajstić information content (AvgIpc) is 3.09. The highest BCUT2D eigenvalue weighted by molar-refractivity contribution is 6.01. The van der Waals surface area contributed by atoms with Crippen LogP contribution in [-0.2, 0) is 16.6 Å². The summed E-state index contributed by atoms with van der Waals surface area (Å²) < 4.78 is 1.64. The van der Waals surface area contributed by atoms with Crippen molar-refractivity contribution < 1.29 is 19.5 Å². The number of hydrogen-bond donors (Lipinski definition) is 1. The normalized spacial score (nSPS) is 16.6. The number of carbonyl (C=O) groups is 3. The van der Waals surface area contributed by atoms with E-state index in [0.29, 0.717) is 30.6 Å². The monoisotopic (exact) mass is 384 g/mol. The van der Waals surface area contributed by atoms with Gasteiger partial charge in [-0.1, -0.05) is 30.3 Å². The van der Waals surface area contributed by atoms with Crippen LogP contribution in [0.25, 0.3) is 11.3 Å². The van der Waals surface area contributed by atoms with E-state index in [-0.39, 0.29) is 24.9 Å². The Morgan fingerprint density at radius 2 is 1.96 bits per heavy atom. The highest BCUT2D eigenvalue weighted by Gasteiger charge is 2.29. The number of amides is 2. The Morgan fingerprint density at radius 3 is 2.64 bits per heavy atom. The second-order valence-electron chi connectivity index (χ2n) is 7.07. The zero-order valence-electron chi connectivity index (χ0n) is 16.0. The largest absolute Gasteiger partial charge is 0.481 e. The summed E-state index contributed by atoms with van der Waals surface area (Å²) in [4.78, 5) is 39.6. The van der Waals surface area contributed by atoms with E-state index in [1.54, 1.807) is 18.8 Å². The number of carbonyl (C=O) groups excluding carboxylic acids is 2. The number of aromatic nitrogens is 2. The molecule has 2 heterocycles. The third kappa shape index (κ3) is 4.05. The highest BCUT2D eigenvalue weighted by atomic mass is 16.4. The number of carboxylic acids is 1. The summed E-state index contributed by atoms with van der Waals surface area (Å²) in [5.41, 5.74) is 1.98. The summed E-state index contributed by atoms with van der Waals surface area (Å²) in [6.45, 7) is 0.611. The van der Waals surface area contributed by atoms with E-state index in [4.69, 9.17) is 0 Å². The maximum Gasteiger partial charge on any atom is 0.308 e. The molecule has 28 heavy (non-hydrogen) atoms. The molecule has 3 rings (SSSR count). The van der Waals surface area contributed by atoms with Crippen molar-refractivity contribution in [3.05, 3.63) is 42.1 Å². The molecule has 8 heteroatoms. The molecular weight excluding hydrogens is 360 g/mol. The number of nitrogens with zero attached hydrogens (tertiary/aromatic N) is 4. The zero-order valence-corrected chi connectivity index (χ0v) is 16.0. The molecular formula is C20H24N4O4. The lowest BCUT2D eigenvalue weighted by molar-refractivity contribution is -0.145. The second-order valence-corrected chi connectivity index (χ2v) is 7.07. The van der Waals surface area contributed by atoms with Gasteiger partial charge in [0.05, 0.1) is 29.9 Å². The van der Waals surface area contributed by atoms with Crippen molar-refractivity contribution in [3.63, 3.8) is 0 Å². The van der Waals surface area contributed by atoms with Gasteiger partial charge in [-0.2, -0.15) is 5.10 Å². The lowest BCUT2D eigenvalue weighted by Gasteiger charge is -2.32. The summed E-state index contributed by atoms with van der Waals surface area (Å²) in [5.74, 6) is -1.97. The molecule has 1 unspecified atom stereocenters. The van der Waals surface area contributed by atoms with Gasteiger partial charge in [0.1, 0.15) is 0 Å². The van der Waals surface area contributed by atoms with E-state index in [2.05, 4.69) is 5.10 Å². The third-order valence-electron chi connectivity index (χ3n) is 5.06. The summed E-state index contributed by atoms with van der Waals surface area (Å²) in [5, 5.41) is 13.4. The smallest absolute Gasteiger partial charge is 0.308 e. The Labute approximate surface area is 163 Å². The molecule has 1 aromatic carbocycles. The molecule has 0 bridgehead atoms. The quantitative estimate of drug-likeness (QED) is 0.842. The van der Waals surface area contributed by atoms with Crippen LogP contribution in [0.5, 0.6) is 0 Å². The van der Waals surface area contributed by atoms with Crippen molar-refractivity contribution in [2.45, 2.75) is 12.8 Å². The molecule has 148 valence electrons. The Hall–Kier alpha value is -3.16. The number of carboxylic acid groups (broad SMARTS) is 1. The number of benzene rings is 1. The van der Waals surface area contributed by atoms with Gasteiger partial charge in [0.25, 0.3) is 5.91 Å². The molecule has 2 aromatic rings. The van der Waals surface area contributed by atoms with Crippen LogP contribution in [0.4, 0.5) is 0 Å². The molecule has 2 amide bonds. The van der Waals surface area contributed by atoms with Gasteiger partial charge < -0.3 is 14.9 Å². The Bertz CT molecular complexity index is 878. The van der Waals surface area contributed by atoms with Gasteiger partial charge in [0, 0.05) is 32.7 Å². The van der Waals surface area contributed by atoms with Crippen LogP contribution in [-0.4, -0.2) is 69.2 Å². The van der Waals surface area contributed by atoms with E-state index >= 15 is 0 Å². The van der Waals surface area contributed by atoms with Crippen molar-refractivity contribution in [1.82, 2.24) is 19.6 Å². The van der Waals surface area contributed by atoms with Crippen LogP contribution in [0.2, 0.25) is 0 Å². The molecule has 1 fully saturated rings. The van der Waals surface area contributed by atoms with E-state index in [1.807, 2.05) is 30.3 Å². The number of aliphatic carboxylic acids is 1. The fourth-order valence-corrected chi connectivity index (χ4v) is 3.52. The standard InChI is InChI=1S/C20H24N4O4/c1-22(13-17(25)24-10-6-9-15(12-24)20(27)28)19(26)16-11-21-23(2)18(16)14-7-4-3-5-8-14/h3-5,7-8,11,15H,6,9-10,12-13H2,1-2H3,(H,27,28). The molecule has 8 nitrogen and oxygen atoms in total. The first-order chi connectivity index (χ1) is 13.4. The fraction of sp³-hybridized carbons (Fsp3) is 0.400. The molecule has 1 saturated heterocycles. The Morgan fingerprint density at radius 1 is 1.25 bits per heavy atom. The van der Waals surface area contributed by atoms with Crippen LogP contribution in [0.15, 0.2) is 36.5 Å². The van der Waals surface area contributed by atoms with E-state index in [9.17, 15) is 19.5 Å². The third-order valence-corrected chi connectivity index (χ3v) is 5.06. The lowest BCUT2D eigenvalue weighted by atomic mass is 9.98. The number of hydrogen-bond acceptors (Lipinski definition) is 4. The number of piperidine rings is 1. The van der Waals surface area contributed by atoms with Crippen molar-refractivity contribution in [2.75, 3.05) is 26.7 Å². The Kier molecular flexibility index (Phi) is 5.77. The van der Waals surface area contributed by atoms with Gasteiger partial charge in [-0.05, 0) is 12.8 Å². The van der Waals surface area contributed by atoms with Crippen LogP contribution >= 0.6 is 0 Å². The van der Waals surface area contributed by atoms with Crippen LogP contribution in [0.3, 0.4) is 0 Å². The predicted octanol–water partition coefficient (Wildman–Crippen LogP) is 1.48.